The summed E-state index contributed by atoms with van der Waals surface area (Å²) in [5.74, 6) is 0. The standard InChI is InChI=1S/C12H15ClN2/c1-9-7-10-8-11(13)3-4-12(10)15(9)6-2-5-14/h3-4,7-8H,2,5-6,14H2,1H3. The van der Waals surface area contributed by atoms with Crippen LogP contribution in [-0.4, -0.2) is 11.1 Å². The molecule has 0 unspecified atom stereocenters. The van der Waals surface area contributed by atoms with Crippen LogP contribution in [0.1, 0.15) is 12.1 Å². The Morgan fingerprint density at radius 3 is 2.87 bits per heavy atom. The van der Waals surface area contributed by atoms with E-state index in [1.165, 1.54) is 16.6 Å². The first kappa shape index (κ1) is 10.5. The van der Waals surface area contributed by atoms with Gasteiger partial charge < -0.3 is 10.3 Å². The molecular formula is C12H15ClN2. The smallest absolute Gasteiger partial charge is 0.0483 e. The fourth-order valence-corrected chi connectivity index (χ4v) is 2.11. The molecular weight excluding hydrogens is 208 g/mol. The van der Waals surface area contributed by atoms with Crippen LogP contribution in [0.4, 0.5) is 0 Å². The van der Waals surface area contributed by atoms with Crippen LogP contribution in [0, 0.1) is 6.92 Å². The van der Waals surface area contributed by atoms with Crippen molar-refractivity contribution in [2.45, 2.75) is 19.9 Å². The topological polar surface area (TPSA) is 30.9 Å². The van der Waals surface area contributed by atoms with Gasteiger partial charge in [-0.25, -0.2) is 0 Å². The van der Waals surface area contributed by atoms with Crippen molar-refractivity contribution >= 4 is 22.5 Å². The zero-order chi connectivity index (χ0) is 10.8. The van der Waals surface area contributed by atoms with E-state index in [1.807, 2.05) is 12.1 Å². The summed E-state index contributed by atoms with van der Waals surface area (Å²) < 4.78 is 2.29. The van der Waals surface area contributed by atoms with Gasteiger partial charge in [-0.15, -0.1) is 0 Å². The van der Waals surface area contributed by atoms with Crippen LogP contribution < -0.4 is 5.73 Å². The van der Waals surface area contributed by atoms with Crippen molar-refractivity contribution in [3.8, 4) is 0 Å². The molecule has 1 aromatic heterocycles. The molecule has 0 saturated carbocycles. The SMILES string of the molecule is Cc1cc2cc(Cl)ccc2n1CCCN. The van der Waals surface area contributed by atoms with Crippen molar-refractivity contribution in [2.24, 2.45) is 5.73 Å². The number of hydrogen-bond donors (Lipinski definition) is 1. The van der Waals surface area contributed by atoms with E-state index < -0.39 is 0 Å². The van der Waals surface area contributed by atoms with Crippen molar-refractivity contribution in [1.29, 1.82) is 0 Å². The molecule has 0 aliphatic rings. The zero-order valence-electron chi connectivity index (χ0n) is 8.83. The zero-order valence-corrected chi connectivity index (χ0v) is 9.59. The molecule has 0 radical (unpaired) electrons. The van der Waals surface area contributed by atoms with E-state index >= 15 is 0 Å². The summed E-state index contributed by atoms with van der Waals surface area (Å²) in [7, 11) is 0. The monoisotopic (exact) mass is 222 g/mol. The van der Waals surface area contributed by atoms with Crippen LogP contribution in [-0.2, 0) is 6.54 Å². The van der Waals surface area contributed by atoms with E-state index in [-0.39, 0.29) is 0 Å². The lowest BCUT2D eigenvalue weighted by Gasteiger charge is -2.06. The number of halogens is 1. The maximum absolute atomic E-state index is 5.96. The summed E-state index contributed by atoms with van der Waals surface area (Å²) in [6.45, 7) is 3.82. The maximum Gasteiger partial charge on any atom is 0.0483 e. The predicted octanol–water partition coefficient (Wildman–Crippen LogP) is 2.95. The molecule has 2 rings (SSSR count). The van der Waals surface area contributed by atoms with Crippen molar-refractivity contribution in [3.63, 3.8) is 0 Å². The van der Waals surface area contributed by atoms with Crippen LogP contribution in [0.25, 0.3) is 10.9 Å². The third kappa shape index (κ3) is 2.01. The Bertz CT molecular complexity index is 474. The van der Waals surface area contributed by atoms with Gasteiger partial charge in [0.1, 0.15) is 0 Å². The molecule has 2 nitrogen and oxygen atoms in total. The van der Waals surface area contributed by atoms with Crippen molar-refractivity contribution in [2.75, 3.05) is 6.54 Å². The number of benzene rings is 1. The van der Waals surface area contributed by atoms with Gasteiger partial charge in [0.25, 0.3) is 0 Å². The second kappa shape index (κ2) is 4.25. The van der Waals surface area contributed by atoms with Crippen molar-refractivity contribution in [1.82, 2.24) is 4.57 Å². The number of rotatable bonds is 3. The van der Waals surface area contributed by atoms with Gasteiger partial charge in [0.2, 0.25) is 0 Å². The second-order valence-electron chi connectivity index (χ2n) is 3.78. The lowest BCUT2D eigenvalue weighted by Crippen LogP contribution is -2.06. The van der Waals surface area contributed by atoms with Crippen LogP contribution >= 0.6 is 11.6 Å². The first-order valence-corrected chi connectivity index (χ1v) is 5.55. The van der Waals surface area contributed by atoms with Gasteiger partial charge in [-0.05, 0) is 44.2 Å². The molecule has 0 spiro atoms. The fraction of sp³-hybridized carbons (Fsp3) is 0.333. The highest BCUT2D eigenvalue weighted by Gasteiger charge is 2.04. The van der Waals surface area contributed by atoms with Gasteiger partial charge in [0.05, 0.1) is 0 Å². The molecule has 0 amide bonds. The third-order valence-electron chi connectivity index (χ3n) is 2.66. The van der Waals surface area contributed by atoms with E-state index in [2.05, 4.69) is 23.6 Å². The lowest BCUT2D eigenvalue weighted by molar-refractivity contribution is 0.657. The Hall–Kier alpha value is -0.990. The molecule has 1 heterocycles. The Balaban J connectivity index is 2.48. The molecule has 2 N–H and O–H groups in total. The van der Waals surface area contributed by atoms with E-state index in [0.29, 0.717) is 0 Å². The molecule has 0 aliphatic carbocycles. The van der Waals surface area contributed by atoms with Crippen LogP contribution in [0.2, 0.25) is 5.02 Å². The summed E-state index contributed by atoms with van der Waals surface area (Å²) in [5, 5.41) is 2.00. The van der Waals surface area contributed by atoms with Crippen molar-refractivity contribution in [3.05, 3.63) is 35.0 Å². The number of fused-ring (bicyclic) bond motifs is 1. The number of nitrogens with two attached hydrogens (primary N) is 1. The van der Waals surface area contributed by atoms with Gasteiger partial charge in [-0.3, -0.25) is 0 Å². The molecule has 1 aromatic carbocycles. The highest BCUT2D eigenvalue weighted by molar-refractivity contribution is 6.31. The molecule has 0 aliphatic heterocycles. The van der Waals surface area contributed by atoms with Gasteiger partial charge >= 0.3 is 0 Å². The quantitative estimate of drug-likeness (QED) is 0.851. The minimum Gasteiger partial charge on any atom is -0.345 e. The van der Waals surface area contributed by atoms with Crippen LogP contribution in [0.5, 0.6) is 0 Å². The minimum atomic E-state index is 0.729. The number of hydrogen-bond acceptors (Lipinski definition) is 1. The van der Waals surface area contributed by atoms with Gasteiger partial charge in [0.15, 0.2) is 0 Å². The minimum absolute atomic E-state index is 0.729. The number of aryl methyl sites for hydroxylation is 2. The summed E-state index contributed by atoms with van der Waals surface area (Å²) >= 11 is 5.96. The molecule has 3 heteroatoms. The summed E-state index contributed by atoms with van der Waals surface area (Å²) in [5.41, 5.74) is 8.03. The van der Waals surface area contributed by atoms with Gasteiger partial charge in [0, 0.05) is 28.2 Å². The summed E-state index contributed by atoms with van der Waals surface area (Å²) in [6.07, 6.45) is 1.01. The highest BCUT2D eigenvalue weighted by Crippen LogP contribution is 2.23. The summed E-state index contributed by atoms with van der Waals surface area (Å²) in [4.78, 5) is 0. The lowest BCUT2D eigenvalue weighted by atomic mass is 10.2. The van der Waals surface area contributed by atoms with Gasteiger partial charge in [-0.2, -0.15) is 0 Å². The van der Waals surface area contributed by atoms with E-state index in [0.717, 1.165) is 24.5 Å². The Kier molecular flexibility index (Phi) is 2.98. The normalized spacial score (nSPS) is 11.1. The number of nitrogens with zero attached hydrogens (tertiary/aromatic N) is 1. The molecule has 15 heavy (non-hydrogen) atoms. The average Bonchev–Trinajstić information content (AvgIpc) is 2.50. The molecule has 0 fully saturated rings. The molecule has 0 saturated heterocycles. The number of aromatic nitrogens is 1. The van der Waals surface area contributed by atoms with Crippen LogP contribution in [0.15, 0.2) is 24.3 Å². The van der Waals surface area contributed by atoms with E-state index in [9.17, 15) is 0 Å². The fourth-order valence-electron chi connectivity index (χ4n) is 1.93. The molecule has 0 atom stereocenters. The third-order valence-corrected chi connectivity index (χ3v) is 2.89. The second-order valence-corrected chi connectivity index (χ2v) is 4.22. The summed E-state index contributed by atoms with van der Waals surface area (Å²) in [6, 6.07) is 8.17. The Morgan fingerprint density at radius 2 is 2.13 bits per heavy atom. The molecule has 2 aromatic rings. The maximum atomic E-state index is 5.96. The largest absolute Gasteiger partial charge is 0.345 e. The predicted molar refractivity (Wildman–Crippen MR) is 65.4 cm³/mol. The molecule has 80 valence electrons. The van der Waals surface area contributed by atoms with E-state index in [4.69, 9.17) is 17.3 Å². The molecule has 0 bridgehead atoms. The Labute approximate surface area is 94.6 Å². The van der Waals surface area contributed by atoms with Crippen molar-refractivity contribution < 1.29 is 0 Å². The first-order valence-electron chi connectivity index (χ1n) is 5.18. The highest BCUT2D eigenvalue weighted by atomic mass is 35.5. The Morgan fingerprint density at radius 1 is 1.33 bits per heavy atom. The van der Waals surface area contributed by atoms with E-state index in [1.54, 1.807) is 0 Å². The first-order chi connectivity index (χ1) is 7.22. The van der Waals surface area contributed by atoms with Crippen LogP contribution in [0.3, 0.4) is 0 Å². The van der Waals surface area contributed by atoms with Gasteiger partial charge in [-0.1, -0.05) is 11.6 Å². The average molecular weight is 223 g/mol.